The summed E-state index contributed by atoms with van der Waals surface area (Å²) in [6, 6.07) is 5.43. The van der Waals surface area contributed by atoms with Gasteiger partial charge >= 0.3 is 0 Å². The molecule has 0 saturated carbocycles. The third kappa shape index (κ3) is 6.01. The Labute approximate surface area is 142 Å². The Bertz CT molecular complexity index is 480. The molecule has 0 radical (unpaired) electrons. The molecule has 7 heteroatoms. The highest BCUT2D eigenvalue weighted by Gasteiger charge is 2.10. The molecule has 2 rings (SSSR count). The van der Waals surface area contributed by atoms with Gasteiger partial charge in [-0.05, 0) is 19.1 Å². The number of carbonyl (C=O) groups excluding carboxylic acids is 1. The predicted octanol–water partition coefficient (Wildman–Crippen LogP) is 1.47. The van der Waals surface area contributed by atoms with E-state index in [9.17, 15) is 4.79 Å². The summed E-state index contributed by atoms with van der Waals surface area (Å²) in [6.07, 6.45) is 0. The number of benzene rings is 1. The third-order valence-electron chi connectivity index (χ3n) is 3.54. The second-order valence-corrected chi connectivity index (χ2v) is 5.50. The van der Waals surface area contributed by atoms with Gasteiger partial charge in [0.05, 0.1) is 0 Å². The summed E-state index contributed by atoms with van der Waals surface area (Å²) in [4.78, 5) is 14.1. The summed E-state index contributed by atoms with van der Waals surface area (Å²) < 4.78 is 5.50. The van der Waals surface area contributed by atoms with Crippen LogP contribution in [0.15, 0.2) is 18.2 Å². The van der Waals surface area contributed by atoms with Gasteiger partial charge in [0.25, 0.3) is 5.91 Å². The first-order valence-corrected chi connectivity index (χ1v) is 7.62. The highest BCUT2D eigenvalue weighted by atomic mass is 35.5. The minimum Gasteiger partial charge on any atom is -0.483 e. The highest BCUT2D eigenvalue weighted by molar-refractivity contribution is 6.31. The maximum absolute atomic E-state index is 11.8. The minimum absolute atomic E-state index is 0. The molecular formula is C15H23Cl2N3O2. The summed E-state index contributed by atoms with van der Waals surface area (Å²) in [6.45, 7) is 7.53. The second-order valence-electron chi connectivity index (χ2n) is 5.09. The Kier molecular flexibility index (Phi) is 8.56. The van der Waals surface area contributed by atoms with E-state index in [1.807, 2.05) is 19.1 Å². The molecule has 1 saturated heterocycles. The summed E-state index contributed by atoms with van der Waals surface area (Å²) in [5.74, 6) is 0.546. The van der Waals surface area contributed by atoms with Crippen molar-refractivity contribution in [2.24, 2.45) is 0 Å². The first kappa shape index (κ1) is 19.0. The average molecular weight is 348 g/mol. The molecule has 2 N–H and O–H groups in total. The minimum atomic E-state index is -0.107. The van der Waals surface area contributed by atoms with Crippen molar-refractivity contribution in [3.8, 4) is 5.75 Å². The van der Waals surface area contributed by atoms with Crippen LogP contribution in [0.5, 0.6) is 5.75 Å². The molecule has 1 aliphatic heterocycles. The van der Waals surface area contributed by atoms with Crippen LogP contribution in [0.25, 0.3) is 0 Å². The smallest absolute Gasteiger partial charge is 0.257 e. The fraction of sp³-hybridized carbons (Fsp3) is 0.533. The normalized spacial score (nSPS) is 15.0. The standard InChI is InChI=1S/C15H22ClN3O2.ClH/c1-12-13(16)3-2-4-14(12)21-11-15(20)18-7-10-19-8-5-17-6-9-19;/h2-4,17H,5-11H2,1H3,(H,18,20);1H. The van der Waals surface area contributed by atoms with Crippen molar-refractivity contribution in [2.45, 2.75) is 6.92 Å². The van der Waals surface area contributed by atoms with E-state index in [-0.39, 0.29) is 24.9 Å². The number of nitrogens with one attached hydrogen (secondary N) is 2. The molecular weight excluding hydrogens is 325 g/mol. The number of amides is 1. The van der Waals surface area contributed by atoms with Crippen molar-refractivity contribution >= 4 is 29.9 Å². The van der Waals surface area contributed by atoms with E-state index in [4.69, 9.17) is 16.3 Å². The van der Waals surface area contributed by atoms with Gasteiger partial charge in [-0.2, -0.15) is 0 Å². The van der Waals surface area contributed by atoms with Gasteiger partial charge in [0.1, 0.15) is 5.75 Å². The van der Waals surface area contributed by atoms with Gasteiger partial charge in [0.2, 0.25) is 0 Å². The Balaban J connectivity index is 0.00000242. The molecule has 1 aromatic carbocycles. The van der Waals surface area contributed by atoms with Gasteiger partial charge in [-0.15, -0.1) is 12.4 Å². The fourth-order valence-electron chi connectivity index (χ4n) is 2.23. The van der Waals surface area contributed by atoms with Crippen LogP contribution >= 0.6 is 24.0 Å². The van der Waals surface area contributed by atoms with Crippen LogP contribution in [0.4, 0.5) is 0 Å². The lowest BCUT2D eigenvalue weighted by molar-refractivity contribution is -0.123. The average Bonchev–Trinajstić information content (AvgIpc) is 2.50. The molecule has 1 amide bonds. The van der Waals surface area contributed by atoms with Crippen molar-refractivity contribution < 1.29 is 9.53 Å². The van der Waals surface area contributed by atoms with Crippen molar-refractivity contribution in [3.63, 3.8) is 0 Å². The molecule has 22 heavy (non-hydrogen) atoms. The van der Waals surface area contributed by atoms with Gasteiger partial charge in [0, 0.05) is 49.9 Å². The van der Waals surface area contributed by atoms with E-state index in [2.05, 4.69) is 15.5 Å². The fourth-order valence-corrected chi connectivity index (χ4v) is 2.39. The van der Waals surface area contributed by atoms with Crippen LogP contribution in [0, 0.1) is 6.92 Å². The Morgan fingerprint density at radius 1 is 1.41 bits per heavy atom. The van der Waals surface area contributed by atoms with Crippen LogP contribution in [0.2, 0.25) is 5.02 Å². The molecule has 5 nitrogen and oxygen atoms in total. The van der Waals surface area contributed by atoms with Crippen LogP contribution in [0.3, 0.4) is 0 Å². The number of halogens is 2. The summed E-state index contributed by atoms with van der Waals surface area (Å²) in [5, 5.41) is 6.82. The van der Waals surface area contributed by atoms with Crippen molar-refractivity contribution in [2.75, 3.05) is 45.9 Å². The van der Waals surface area contributed by atoms with E-state index in [0.717, 1.165) is 38.3 Å². The molecule has 0 bridgehead atoms. The third-order valence-corrected chi connectivity index (χ3v) is 3.95. The second kappa shape index (κ2) is 9.90. The SMILES string of the molecule is Cc1c(Cl)cccc1OCC(=O)NCCN1CCNCC1.Cl. The van der Waals surface area contributed by atoms with Crippen LogP contribution in [0.1, 0.15) is 5.56 Å². The van der Waals surface area contributed by atoms with E-state index in [1.165, 1.54) is 0 Å². The maximum atomic E-state index is 11.8. The molecule has 1 aliphatic rings. The van der Waals surface area contributed by atoms with Gasteiger partial charge in [-0.1, -0.05) is 17.7 Å². The Morgan fingerprint density at radius 2 is 2.14 bits per heavy atom. The predicted molar refractivity (Wildman–Crippen MR) is 91.3 cm³/mol. The maximum Gasteiger partial charge on any atom is 0.257 e. The number of rotatable bonds is 6. The van der Waals surface area contributed by atoms with Crippen molar-refractivity contribution in [3.05, 3.63) is 28.8 Å². The highest BCUT2D eigenvalue weighted by Crippen LogP contribution is 2.24. The number of nitrogens with zero attached hydrogens (tertiary/aromatic N) is 1. The van der Waals surface area contributed by atoms with Crippen molar-refractivity contribution in [1.29, 1.82) is 0 Å². The molecule has 1 heterocycles. The van der Waals surface area contributed by atoms with E-state index >= 15 is 0 Å². The summed E-state index contributed by atoms with van der Waals surface area (Å²) in [7, 11) is 0. The van der Waals surface area contributed by atoms with Crippen LogP contribution < -0.4 is 15.4 Å². The zero-order valence-corrected chi connectivity index (χ0v) is 14.3. The number of hydrogen-bond donors (Lipinski definition) is 2. The number of hydrogen-bond acceptors (Lipinski definition) is 4. The first-order chi connectivity index (χ1) is 10.2. The molecule has 0 spiro atoms. The zero-order chi connectivity index (χ0) is 15.1. The number of ether oxygens (including phenoxy) is 1. The van der Waals surface area contributed by atoms with Gasteiger partial charge in [-0.3, -0.25) is 9.69 Å². The topological polar surface area (TPSA) is 53.6 Å². The molecule has 124 valence electrons. The number of carbonyl (C=O) groups is 1. The Morgan fingerprint density at radius 3 is 2.86 bits per heavy atom. The lowest BCUT2D eigenvalue weighted by atomic mass is 10.2. The first-order valence-electron chi connectivity index (χ1n) is 7.24. The van der Waals surface area contributed by atoms with Gasteiger partial charge in [-0.25, -0.2) is 0 Å². The lowest BCUT2D eigenvalue weighted by Gasteiger charge is -2.27. The molecule has 0 aliphatic carbocycles. The molecule has 1 fully saturated rings. The van der Waals surface area contributed by atoms with Gasteiger partial charge in [0.15, 0.2) is 6.61 Å². The molecule has 0 atom stereocenters. The lowest BCUT2D eigenvalue weighted by Crippen LogP contribution is -2.46. The van der Waals surface area contributed by atoms with E-state index in [0.29, 0.717) is 17.3 Å². The zero-order valence-electron chi connectivity index (χ0n) is 12.7. The van der Waals surface area contributed by atoms with E-state index < -0.39 is 0 Å². The molecule has 0 aromatic heterocycles. The van der Waals surface area contributed by atoms with E-state index in [1.54, 1.807) is 6.07 Å². The molecule has 0 unspecified atom stereocenters. The quantitative estimate of drug-likeness (QED) is 0.818. The molecule has 1 aromatic rings. The summed E-state index contributed by atoms with van der Waals surface area (Å²) >= 11 is 6.01. The van der Waals surface area contributed by atoms with Crippen molar-refractivity contribution in [1.82, 2.24) is 15.5 Å². The summed E-state index contributed by atoms with van der Waals surface area (Å²) in [5.41, 5.74) is 0.854. The monoisotopic (exact) mass is 347 g/mol. The van der Waals surface area contributed by atoms with Gasteiger partial charge < -0.3 is 15.4 Å². The Hall–Kier alpha value is -1.01. The largest absolute Gasteiger partial charge is 0.483 e. The number of piperazine rings is 1. The van der Waals surface area contributed by atoms with Crippen LogP contribution in [-0.4, -0.2) is 56.7 Å². The van der Waals surface area contributed by atoms with Crippen LogP contribution in [-0.2, 0) is 4.79 Å².